The molecule has 2 heterocycles. The standard InChI is InChI=1S/C8H6ClN3O2S/c9-15(13,14)7-5-11-12-8(7)6-2-1-3-10-4-6/h1-5H,(H,11,12). The van der Waals surface area contributed by atoms with Crippen LogP contribution >= 0.6 is 10.7 Å². The maximum Gasteiger partial charge on any atom is 0.265 e. The van der Waals surface area contributed by atoms with Crippen LogP contribution in [0.3, 0.4) is 0 Å². The van der Waals surface area contributed by atoms with E-state index in [9.17, 15) is 8.42 Å². The highest BCUT2D eigenvalue weighted by Crippen LogP contribution is 2.26. The molecule has 0 bridgehead atoms. The van der Waals surface area contributed by atoms with Crippen molar-refractivity contribution in [2.45, 2.75) is 4.90 Å². The van der Waals surface area contributed by atoms with Crippen molar-refractivity contribution in [2.75, 3.05) is 0 Å². The summed E-state index contributed by atoms with van der Waals surface area (Å²) in [4.78, 5) is 3.83. The topological polar surface area (TPSA) is 75.7 Å². The maximum atomic E-state index is 11.2. The molecule has 1 N–H and O–H groups in total. The maximum absolute atomic E-state index is 11.2. The predicted octanol–water partition coefficient (Wildman–Crippen LogP) is 1.40. The van der Waals surface area contributed by atoms with Crippen LogP contribution in [0, 0.1) is 0 Å². The zero-order chi connectivity index (χ0) is 10.9. The summed E-state index contributed by atoms with van der Waals surface area (Å²) in [6.45, 7) is 0. The first-order valence-electron chi connectivity index (χ1n) is 3.97. The molecule has 0 spiro atoms. The summed E-state index contributed by atoms with van der Waals surface area (Å²) < 4.78 is 22.3. The average Bonchev–Trinajstić information content (AvgIpc) is 2.67. The Morgan fingerprint density at radius 2 is 2.13 bits per heavy atom. The van der Waals surface area contributed by atoms with Gasteiger partial charge in [-0.25, -0.2) is 8.42 Å². The Labute approximate surface area is 90.5 Å². The lowest BCUT2D eigenvalue weighted by Crippen LogP contribution is -1.91. The van der Waals surface area contributed by atoms with Crippen LogP contribution < -0.4 is 0 Å². The Morgan fingerprint density at radius 1 is 1.33 bits per heavy atom. The number of aromatic nitrogens is 3. The van der Waals surface area contributed by atoms with E-state index in [2.05, 4.69) is 15.2 Å². The first-order chi connectivity index (χ1) is 7.09. The van der Waals surface area contributed by atoms with E-state index in [4.69, 9.17) is 10.7 Å². The van der Waals surface area contributed by atoms with E-state index in [1.807, 2.05) is 0 Å². The minimum atomic E-state index is -3.79. The van der Waals surface area contributed by atoms with E-state index in [1.165, 1.54) is 12.4 Å². The van der Waals surface area contributed by atoms with Crippen LogP contribution in [0.25, 0.3) is 11.3 Å². The fourth-order valence-corrected chi connectivity index (χ4v) is 2.11. The van der Waals surface area contributed by atoms with Gasteiger partial charge in [0.2, 0.25) is 0 Å². The number of H-pyrrole nitrogens is 1. The molecule has 2 aromatic heterocycles. The van der Waals surface area contributed by atoms with Crippen molar-refractivity contribution in [1.82, 2.24) is 15.2 Å². The minimum Gasteiger partial charge on any atom is -0.276 e. The molecular formula is C8H6ClN3O2S. The van der Waals surface area contributed by atoms with Crippen molar-refractivity contribution < 1.29 is 8.42 Å². The van der Waals surface area contributed by atoms with Crippen molar-refractivity contribution in [3.63, 3.8) is 0 Å². The van der Waals surface area contributed by atoms with Gasteiger partial charge in [0.1, 0.15) is 4.90 Å². The fourth-order valence-electron chi connectivity index (χ4n) is 1.18. The van der Waals surface area contributed by atoms with Crippen LogP contribution in [0.2, 0.25) is 0 Å². The summed E-state index contributed by atoms with van der Waals surface area (Å²) in [7, 11) is 1.46. The molecule has 78 valence electrons. The second-order valence-corrected chi connectivity index (χ2v) is 5.32. The van der Waals surface area contributed by atoms with E-state index < -0.39 is 9.05 Å². The molecule has 0 aliphatic rings. The number of halogens is 1. The van der Waals surface area contributed by atoms with E-state index in [1.54, 1.807) is 18.3 Å². The first kappa shape index (κ1) is 10.1. The van der Waals surface area contributed by atoms with Crippen molar-refractivity contribution in [3.05, 3.63) is 30.7 Å². The van der Waals surface area contributed by atoms with Gasteiger partial charge in [0.05, 0.1) is 11.9 Å². The average molecular weight is 244 g/mol. The Hall–Kier alpha value is -1.40. The van der Waals surface area contributed by atoms with Crippen molar-refractivity contribution in [3.8, 4) is 11.3 Å². The summed E-state index contributed by atoms with van der Waals surface area (Å²) in [5, 5.41) is 6.22. The lowest BCUT2D eigenvalue weighted by molar-refractivity contribution is 0.610. The number of pyridine rings is 1. The number of hydrogen-bond acceptors (Lipinski definition) is 4. The molecule has 2 aromatic rings. The molecule has 5 nitrogen and oxygen atoms in total. The molecule has 0 saturated carbocycles. The third-order valence-electron chi connectivity index (χ3n) is 1.82. The second kappa shape index (κ2) is 3.63. The predicted molar refractivity (Wildman–Crippen MR) is 54.9 cm³/mol. The Kier molecular flexibility index (Phi) is 2.45. The molecule has 2 rings (SSSR count). The Bertz CT molecular complexity index is 565. The van der Waals surface area contributed by atoms with Crippen LogP contribution in [-0.4, -0.2) is 23.6 Å². The van der Waals surface area contributed by atoms with Gasteiger partial charge < -0.3 is 0 Å². The summed E-state index contributed by atoms with van der Waals surface area (Å²) in [6, 6.07) is 3.41. The highest BCUT2D eigenvalue weighted by Gasteiger charge is 2.18. The van der Waals surface area contributed by atoms with Crippen molar-refractivity contribution >= 4 is 19.7 Å². The Balaban J connectivity index is 2.61. The van der Waals surface area contributed by atoms with Gasteiger partial charge in [-0.2, -0.15) is 5.10 Å². The smallest absolute Gasteiger partial charge is 0.265 e. The van der Waals surface area contributed by atoms with Gasteiger partial charge in [-0.1, -0.05) is 0 Å². The van der Waals surface area contributed by atoms with Gasteiger partial charge in [0, 0.05) is 28.6 Å². The highest BCUT2D eigenvalue weighted by molar-refractivity contribution is 8.13. The largest absolute Gasteiger partial charge is 0.276 e. The van der Waals surface area contributed by atoms with Crippen LogP contribution in [0.1, 0.15) is 0 Å². The van der Waals surface area contributed by atoms with Crippen molar-refractivity contribution in [1.29, 1.82) is 0 Å². The third-order valence-corrected chi connectivity index (χ3v) is 3.15. The zero-order valence-corrected chi connectivity index (χ0v) is 8.96. The second-order valence-electron chi connectivity index (χ2n) is 2.79. The number of nitrogens with one attached hydrogen (secondary N) is 1. The molecule has 0 aliphatic heterocycles. The molecular weight excluding hydrogens is 238 g/mol. The fraction of sp³-hybridized carbons (Fsp3) is 0. The van der Waals surface area contributed by atoms with Gasteiger partial charge >= 0.3 is 0 Å². The number of hydrogen-bond donors (Lipinski definition) is 1. The molecule has 0 aromatic carbocycles. The van der Waals surface area contributed by atoms with E-state index in [0.29, 0.717) is 11.3 Å². The minimum absolute atomic E-state index is 0.0443. The number of rotatable bonds is 2. The summed E-state index contributed by atoms with van der Waals surface area (Å²) in [5.74, 6) is 0. The summed E-state index contributed by atoms with van der Waals surface area (Å²) in [5.41, 5.74) is 0.965. The first-order valence-corrected chi connectivity index (χ1v) is 6.28. The van der Waals surface area contributed by atoms with Gasteiger partial charge in [0.15, 0.2) is 0 Å². The quantitative estimate of drug-likeness (QED) is 0.809. The van der Waals surface area contributed by atoms with Gasteiger partial charge in [0.25, 0.3) is 9.05 Å². The lowest BCUT2D eigenvalue weighted by Gasteiger charge is -1.98. The summed E-state index contributed by atoms with van der Waals surface area (Å²) >= 11 is 0. The van der Waals surface area contributed by atoms with Crippen LogP contribution in [0.15, 0.2) is 35.6 Å². The van der Waals surface area contributed by atoms with Crippen LogP contribution in [0.5, 0.6) is 0 Å². The van der Waals surface area contributed by atoms with Gasteiger partial charge in [-0.15, -0.1) is 0 Å². The molecule has 0 radical (unpaired) electrons. The normalized spacial score (nSPS) is 11.5. The van der Waals surface area contributed by atoms with Gasteiger partial charge in [-0.3, -0.25) is 10.1 Å². The third kappa shape index (κ3) is 2.00. The highest BCUT2D eigenvalue weighted by atomic mass is 35.7. The van der Waals surface area contributed by atoms with E-state index >= 15 is 0 Å². The zero-order valence-electron chi connectivity index (χ0n) is 7.38. The Morgan fingerprint density at radius 3 is 2.73 bits per heavy atom. The molecule has 7 heteroatoms. The molecule has 15 heavy (non-hydrogen) atoms. The lowest BCUT2D eigenvalue weighted by atomic mass is 10.2. The van der Waals surface area contributed by atoms with Crippen molar-refractivity contribution in [2.24, 2.45) is 0 Å². The molecule has 0 aliphatic carbocycles. The van der Waals surface area contributed by atoms with Crippen LogP contribution in [0.4, 0.5) is 0 Å². The monoisotopic (exact) mass is 243 g/mol. The molecule has 0 fully saturated rings. The number of aromatic amines is 1. The number of nitrogens with zero attached hydrogens (tertiary/aromatic N) is 2. The molecule has 0 atom stereocenters. The molecule has 0 unspecified atom stereocenters. The van der Waals surface area contributed by atoms with E-state index in [-0.39, 0.29) is 4.90 Å². The van der Waals surface area contributed by atoms with E-state index in [0.717, 1.165) is 0 Å². The molecule has 0 saturated heterocycles. The van der Waals surface area contributed by atoms with Gasteiger partial charge in [-0.05, 0) is 12.1 Å². The van der Waals surface area contributed by atoms with Crippen LogP contribution in [-0.2, 0) is 9.05 Å². The summed E-state index contributed by atoms with van der Waals surface area (Å²) in [6.07, 6.45) is 4.29. The SMILES string of the molecule is O=S(=O)(Cl)c1cn[nH]c1-c1cccnc1. The molecule has 0 amide bonds.